The van der Waals surface area contributed by atoms with E-state index in [0.29, 0.717) is 11.3 Å². The monoisotopic (exact) mass is 380 g/mol. The summed E-state index contributed by atoms with van der Waals surface area (Å²) in [6.07, 6.45) is 0. The van der Waals surface area contributed by atoms with E-state index in [2.05, 4.69) is 20.9 Å². The van der Waals surface area contributed by atoms with Crippen molar-refractivity contribution in [2.45, 2.75) is 20.4 Å². The van der Waals surface area contributed by atoms with Crippen LogP contribution in [0, 0.1) is 18.6 Å². The Bertz CT molecular complexity index is 952. The first kappa shape index (κ1) is 14.7. The van der Waals surface area contributed by atoms with Crippen molar-refractivity contribution in [3.8, 4) is 0 Å². The average Bonchev–Trinajstić information content (AvgIpc) is 2.72. The summed E-state index contributed by atoms with van der Waals surface area (Å²) in [5.41, 5.74) is 2.04. The van der Waals surface area contributed by atoms with Crippen LogP contribution >= 0.6 is 39.5 Å². The van der Waals surface area contributed by atoms with E-state index in [4.69, 9.17) is 12.2 Å². The summed E-state index contributed by atoms with van der Waals surface area (Å²) in [7, 11) is 0. The molecule has 0 aliphatic rings. The smallest absolute Gasteiger partial charge is 0.263 e. The molecule has 108 valence electrons. The summed E-state index contributed by atoms with van der Waals surface area (Å²) < 4.78 is 3.06. The molecule has 0 aliphatic carbocycles. The number of aryl methyl sites for hydroxylation is 2. The number of hydrogen-bond acceptors (Lipinski definition) is 3. The molecule has 1 aromatic carbocycles. The molecule has 0 saturated heterocycles. The van der Waals surface area contributed by atoms with Crippen molar-refractivity contribution in [1.29, 1.82) is 0 Å². The molecule has 0 amide bonds. The third-order valence-corrected chi connectivity index (χ3v) is 5.81. The number of rotatable bonds is 2. The minimum Gasteiger partial charge on any atom is -0.323 e. The van der Waals surface area contributed by atoms with Crippen LogP contribution in [-0.2, 0) is 6.54 Å². The molecular formula is C15H13BrN2OS2. The number of thiophene rings is 1. The number of benzene rings is 1. The van der Waals surface area contributed by atoms with E-state index < -0.39 is 0 Å². The number of nitrogens with one attached hydrogen (secondary N) is 1. The lowest BCUT2D eigenvalue weighted by Crippen LogP contribution is -2.22. The molecular weight excluding hydrogens is 368 g/mol. The van der Waals surface area contributed by atoms with Crippen LogP contribution in [0.1, 0.15) is 16.0 Å². The van der Waals surface area contributed by atoms with Crippen LogP contribution < -0.4 is 5.56 Å². The predicted molar refractivity (Wildman–Crippen MR) is 94.0 cm³/mol. The maximum atomic E-state index is 12.8. The molecule has 3 rings (SSSR count). The molecule has 0 bridgehead atoms. The molecule has 3 aromatic rings. The van der Waals surface area contributed by atoms with Gasteiger partial charge in [0, 0.05) is 9.35 Å². The van der Waals surface area contributed by atoms with Crippen molar-refractivity contribution >= 4 is 49.7 Å². The van der Waals surface area contributed by atoms with Crippen LogP contribution in [0.25, 0.3) is 10.2 Å². The summed E-state index contributed by atoms with van der Waals surface area (Å²) in [5.74, 6) is 0. The second-order valence-electron chi connectivity index (χ2n) is 4.90. The summed E-state index contributed by atoms with van der Waals surface area (Å²) in [4.78, 5) is 18.0. The standard InChI is InChI=1S/C15H13BrN2OS2/c1-8-9(2)21-13-12(8)14(19)18(15(20)17-13)7-10-5-3-4-6-11(10)16/h3-6H,7H2,1-2H3,(H,17,20). The largest absolute Gasteiger partial charge is 0.323 e. The molecule has 1 N–H and O–H groups in total. The van der Waals surface area contributed by atoms with E-state index >= 15 is 0 Å². The number of H-pyrrole nitrogens is 1. The van der Waals surface area contributed by atoms with Gasteiger partial charge in [0.25, 0.3) is 5.56 Å². The van der Waals surface area contributed by atoms with Crippen molar-refractivity contribution < 1.29 is 0 Å². The molecule has 0 aliphatic heterocycles. The molecule has 0 atom stereocenters. The van der Waals surface area contributed by atoms with Gasteiger partial charge in [-0.05, 0) is 43.3 Å². The molecule has 6 heteroatoms. The maximum absolute atomic E-state index is 12.8. The van der Waals surface area contributed by atoms with E-state index in [-0.39, 0.29) is 5.56 Å². The third-order valence-electron chi connectivity index (χ3n) is 3.60. The van der Waals surface area contributed by atoms with Crippen LogP contribution in [0.5, 0.6) is 0 Å². The lowest BCUT2D eigenvalue weighted by atomic mass is 10.2. The minimum absolute atomic E-state index is 0.0219. The van der Waals surface area contributed by atoms with Gasteiger partial charge in [-0.25, -0.2) is 0 Å². The molecule has 0 spiro atoms. The fraction of sp³-hybridized carbons (Fsp3) is 0.200. The normalized spacial score (nSPS) is 11.2. The van der Waals surface area contributed by atoms with Crippen LogP contribution in [0.3, 0.4) is 0 Å². The molecule has 2 aromatic heterocycles. The van der Waals surface area contributed by atoms with Crippen molar-refractivity contribution in [1.82, 2.24) is 9.55 Å². The fourth-order valence-corrected chi connectivity index (χ4v) is 4.08. The van der Waals surface area contributed by atoms with Crippen molar-refractivity contribution in [3.05, 3.63) is 59.9 Å². The molecule has 21 heavy (non-hydrogen) atoms. The Balaban J connectivity index is 2.24. The topological polar surface area (TPSA) is 37.8 Å². The van der Waals surface area contributed by atoms with Gasteiger partial charge in [-0.3, -0.25) is 9.36 Å². The molecule has 0 radical (unpaired) electrons. The predicted octanol–water partition coefficient (Wildman–Crippen LogP) is 4.55. The summed E-state index contributed by atoms with van der Waals surface area (Å²) >= 11 is 10.5. The van der Waals surface area contributed by atoms with Crippen molar-refractivity contribution in [2.24, 2.45) is 0 Å². The quantitative estimate of drug-likeness (QED) is 0.662. The number of aromatic amines is 1. The Kier molecular flexibility index (Phi) is 3.86. The summed E-state index contributed by atoms with van der Waals surface area (Å²) in [5, 5.41) is 0.748. The minimum atomic E-state index is -0.0219. The highest BCUT2D eigenvalue weighted by atomic mass is 79.9. The number of nitrogens with zero attached hydrogens (tertiary/aromatic N) is 1. The third kappa shape index (κ3) is 2.52. The zero-order chi connectivity index (χ0) is 15.1. The van der Waals surface area contributed by atoms with Gasteiger partial charge in [-0.1, -0.05) is 34.1 Å². The maximum Gasteiger partial charge on any atom is 0.263 e. The van der Waals surface area contributed by atoms with E-state index in [9.17, 15) is 4.79 Å². The molecule has 0 fully saturated rings. The van der Waals surface area contributed by atoms with Gasteiger partial charge >= 0.3 is 0 Å². The second kappa shape index (κ2) is 5.51. The molecule has 3 nitrogen and oxygen atoms in total. The lowest BCUT2D eigenvalue weighted by Gasteiger charge is -2.08. The molecule has 0 unspecified atom stereocenters. The fourth-order valence-electron chi connectivity index (χ4n) is 2.30. The Morgan fingerprint density at radius 1 is 1.33 bits per heavy atom. The van der Waals surface area contributed by atoms with Gasteiger partial charge < -0.3 is 4.98 Å². The van der Waals surface area contributed by atoms with E-state index in [0.717, 1.165) is 30.7 Å². The summed E-state index contributed by atoms with van der Waals surface area (Å²) in [6.45, 7) is 4.46. The first-order valence-corrected chi connectivity index (χ1v) is 8.47. The zero-order valence-corrected chi connectivity index (χ0v) is 14.8. The number of aromatic nitrogens is 2. The van der Waals surface area contributed by atoms with Gasteiger partial charge in [0.05, 0.1) is 11.9 Å². The van der Waals surface area contributed by atoms with Crippen LogP contribution in [0.15, 0.2) is 33.5 Å². The summed E-state index contributed by atoms with van der Waals surface area (Å²) in [6, 6.07) is 7.86. The Morgan fingerprint density at radius 3 is 2.76 bits per heavy atom. The van der Waals surface area contributed by atoms with Gasteiger partial charge in [0.15, 0.2) is 4.77 Å². The highest BCUT2D eigenvalue weighted by Crippen LogP contribution is 2.26. The highest BCUT2D eigenvalue weighted by molar-refractivity contribution is 9.10. The van der Waals surface area contributed by atoms with Crippen molar-refractivity contribution in [2.75, 3.05) is 0 Å². The number of fused-ring (bicyclic) bond motifs is 1. The van der Waals surface area contributed by atoms with Gasteiger partial charge in [0.2, 0.25) is 0 Å². The Hall–Kier alpha value is -1.24. The van der Waals surface area contributed by atoms with Gasteiger partial charge in [-0.15, -0.1) is 11.3 Å². The number of halogens is 1. The Morgan fingerprint density at radius 2 is 2.05 bits per heavy atom. The first-order chi connectivity index (χ1) is 9.99. The van der Waals surface area contributed by atoms with Crippen LogP contribution in [0.2, 0.25) is 0 Å². The van der Waals surface area contributed by atoms with Gasteiger partial charge in [0.1, 0.15) is 4.83 Å². The molecule has 0 saturated carbocycles. The SMILES string of the molecule is Cc1sc2[nH]c(=S)n(Cc3ccccc3Br)c(=O)c2c1C. The average molecular weight is 381 g/mol. The second-order valence-corrected chi connectivity index (χ2v) is 7.37. The lowest BCUT2D eigenvalue weighted by molar-refractivity contribution is 0.732. The van der Waals surface area contributed by atoms with Crippen LogP contribution in [0.4, 0.5) is 0 Å². The molecule has 2 heterocycles. The van der Waals surface area contributed by atoms with E-state index in [1.54, 1.807) is 15.9 Å². The van der Waals surface area contributed by atoms with Crippen LogP contribution in [-0.4, -0.2) is 9.55 Å². The first-order valence-electron chi connectivity index (χ1n) is 6.45. The zero-order valence-electron chi connectivity index (χ0n) is 11.6. The van der Waals surface area contributed by atoms with E-state index in [1.807, 2.05) is 38.1 Å². The van der Waals surface area contributed by atoms with Gasteiger partial charge in [-0.2, -0.15) is 0 Å². The number of hydrogen-bond donors (Lipinski definition) is 1. The Labute approximate surface area is 139 Å². The van der Waals surface area contributed by atoms with Crippen molar-refractivity contribution in [3.63, 3.8) is 0 Å². The van der Waals surface area contributed by atoms with E-state index in [1.165, 1.54) is 0 Å². The highest BCUT2D eigenvalue weighted by Gasteiger charge is 2.13.